The van der Waals surface area contributed by atoms with Gasteiger partial charge in [-0.15, -0.1) is 0 Å². The molecule has 0 saturated carbocycles. The van der Waals surface area contributed by atoms with Gasteiger partial charge in [-0.1, -0.05) is 7.43 Å². The maximum absolute atomic E-state index is 11.0. The molecule has 5 nitrogen and oxygen atoms in total. The Morgan fingerprint density at radius 3 is 1.39 bits per heavy atom. The van der Waals surface area contributed by atoms with Gasteiger partial charge in [0.1, 0.15) is 0 Å². The largest absolute Gasteiger partial charge is 0.340 e. The Labute approximate surface area is 144 Å². The van der Waals surface area contributed by atoms with E-state index in [0.717, 1.165) is 32.2 Å². The molecule has 23 heavy (non-hydrogen) atoms. The Kier molecular flexibility index (Phi) is 10.7. The summed E-state index contributed by atoms with van der Waals surface area (Å²) in [6.45, 7) is 19.4. The summed E-state index contributed by atoms with van der Waals surface area (Å²) in [7, 11) is 2.19. The summed E-state index contributed by atoms with van der Waals surface area (Å²) in [5.41, 5.74) is 0. The van der Waals surface area contributed by atoms with Crippen LogP contribution in [0.4, 0.5) is 0 Å². The fourth-order valence-corrected chi connectivity index (χ4v) is 2.89. The number of carbonyl (C=O) groups excluding carboxylic acids is 1. The molecule has 2 fully saturated rings. The second-order valence-corrected chi connectivity index (χ2v) is 7.07. The number of carbonyl (C=O) groups is 1. The second kappa shape index (κ2) is 11.0. The molecule has 0 bridgehead atoms. The van der Waals surface area contributed by atoms with Crippen LogP contribution >= 0.6 is 0 Å². The van der Waals surface area contributed by atoms with Gasteiger partial charge in [0.25, 0.3) is 0 Å². The molecular weight excluding hydrogens is 288 g/mol. The van der Waals surface area contributed by atoms with E-state index in [0.29, 0.717) is 6.04 Å². The number of piperazine rings is 2. The summed E-state index contributed by atoms with van der Waals surface area (Å²) < 4.78 is 0. The molecule has 0 spiro atoms. The lowest BCUT2D eigenvalue weighted by Gasteiger charge is -2.36. The van der Waals surface area contributed by atoms with Crippen LogP contribution in [0.3, 0.4) is 0 Å². The zero-order valence-corrected chi connectivity index (χ0v) is 15.5. The summed E-state index contributed by atoms with van der Waals surface area (Å²) in [6, 6.07) is 1.34. The first kappa shape index (κ1) is 22.4. The zero-order chi connectivity index (χ0) is 16.7. The van der Waals surface area contributed by atoms with Gasteiger partial charge < -0.3 is 9.80 Å². The summed E-state index contributed by atoms with van der Waals surface area (Å²) in [5, 5.41) is 0. The summed E-state index contributed by atoms with van der Waals surface area (Å²) in [6.07, 6.45) is 0. The van der Waals surface area contributed by atoms with Gasteiger partial charge >= 0.3 is 0 Å². The van der Waals surface area contributed by atoms with Crippen molar-refractivity contribution in [1.82, 2.24) is 19.6 Å². The zero-order valence-electron chi connectivity index (χ0n) is 15.5. The van der Waals surface area contributed by atoms with Crippen molar-refractivity contribution in [3.63, 3.8) is 0 Å². The molecule has 0 N–H and O–H groups in total. The van der Waals surface area contributed by atoms with Crippen LogP contribution in [-0.2, 0) is 4.79 Å². The molecule has 0 atom stereocenters. The van der Waals surface area contributed by atoms with Gasteiger partial charge in [-0.05, 0) is 34.7 Å². The maximum atomic E-state index is 11.0. The van der Waals surface area contributed by atoms with Gasteiger partial charge in [-0.3, -0.25) is 14.6 Å². The molecule has 2 saturated heterocycles. The first-order valence-corrected chi connectivity index (χ1v) is 8.73. The molecular formula is C18H40N4O. The highest BCUT2D eigenvalue weighted by Gasteiger charge is 2.19. The summed E-state index contributed by atoms with van der Waals surface area (Å²) >= 11 is 0. The van der Waals surface area contributed by atoms with Crippen LogP contribution in [0, 0.1) is 0 Å². The molecule has 1 amide bonds. The third-order valence-corrected chi connectivity index (χ3v) is 4.76. The van der Waals surface area contributed by atoms with Crippen molar-refractivity contribution in [2.75, 3.05) is 59.4 Å². The van der Waals surface area contributed by atoms with Crippen LogP contribution in [0.2, 0.25) is 0 Å². The number of nitrogens with zero attached hydrogens (tertiary/aromatic N) is 4. The number of likely N-dealkylation sites (N-methyl/N-ethyl adjacent to an activating group) is 1. The quantitative estimate of drug-likeness (QED) is 0.774. The van der Waals surface area contributed by atoms with Crippen LogP contribution in [-0.4, -0.2) is 97.0 Å². The first-order valence-electron chi connectivity index (χ1n) is 8.73. The molecule has 0 aromatic rings. The van der Waals surface area contributed by atoms with E-state index in [1.807, 2.05) is 4.90 Å². The highest BCUT2D eigenvalue weighted by atomic mass is 16.2. The molecule has 2 aliphatic heterocycles. The second-order valence-electron chi connectivity index (χ2n) is 7.07. The van der Waals surface area contributed by atoms with Gasteiger partial charge in [0.15, 0.2) is 0 Å². The van der Waals surface area contributed by atoms with E-state index in [1.54, 1.807) is 6.92 Å². The van der Waals surface area contributed by atoms with E-state index in [2.05, 4.69) is 49.4 Å². The monoisotopic (exact) mass is 328 g/mol. The molecule has 0 radical (unpaired) electrons. The van der Waals surface area contributed by atoms with Gasteiger partial charge in [0.05, 0.1) is 0 Å². The number of hydrogen-bond donors (Lipinski definition) is 0. The van der Waals surface area contributed by atoms with Gasteiger partial charge in [-0.25, -0.2) is 0 Å². The third kappa shape index (κ3) is 8.13. The molecule has 138 valence electrons. The fourth-order valence-electron chi connectivity index (χ4n) is 2.89. The van der Waals surface area contributed by atoms with E-state index in [9.17, 15) is 4.79 Å². The molecule has 2 aliphatic rings. The SMILES string of the molecule is C.CC(=O)N1CCN(C(C)C)CC1.CC(C)N1CCN(C)CC1. The van der Waals surface area contributed by atoms with E-state index in [-0.39, 0.29) is 13.3 Å². The Hall–Kier alpha value is -0.650. The normalized spacial score (nSPS) is 21.0. The lowest BCUT2D eigenvalue weighted by atomic mass is 10.2. The number of hydrogen-bond acceptors (Lipinski definition) is 4. The average molecular weight is 329 g/mol. The minimum absolute atomic E-state index is 0. The van der Waals surface area contributed by atoms with Crippen molar-refractivity contribution < 1.29 is 4.79 Å². The smallest absolute Gasteiger partial charge is 0.219 e. The van der Waals surface area contributed by atoms with Crippen LogP contribution in [0.1, 0.15) is 42.0 Å². The summed E-state index contributed by atoms with van der Waals surface area (Å²) in [4.78, 5) is 20.2. The molecule has 5 heteroatoms. The van der Waals surface area contributed by atoms with Crippen molar-refractivity contribution in [3.8, 4) is 0 Å². The minimum Gasteiger partial charge on any atom is -0.340 e. The highest BCUT2D eigenvalue weighted by Crippen LogP contribution is 2.05. The number of amides is 1. The molecule has 0 aliphatic carbocycles. The lowest BCUT2D eigenvalue weighted by Crippen LogP contribution is -2.50. The van der Waals surface area contributed by atoms with Crippen LogP contribution in [0.5, 0.6) is 0 Å². The Morgan fingerprint density at radius 2 is 1.09 bits per heavy atom. The predicted octanol–water partition coefficient (Wildman–Crippen LogP) is 1.84. The van der Waals surface area contributed by atoms with Crippen LogP contribution in [0.15, 0.2) is 0 Å². The molecule has 0 unspecified atom stereocenters. The van der Waals surface area contributed by atoms with Gasteiger partial charge in [0, 0.05) is 71.4 Å². The van der Waals surface area contributed by atoms with Crippen molar-refractivity contribution in [2.45, 2.75) is 54.1 Å². The van der Waals surface area contributed by atoms with Gasteiger partial charge in [-0.2, -0.15) is 0 Å². The highest BCUT2D eigenvalue weighted by molar-refractivity contribution is 5.73. The van der Waals surface area contributed by atoms with Gasteiger partial charge in [0.2, 0.25) is 5.91 Å². The van der Waals surface area contributed by atoms with E-state index in [4.69, 9.17) is 0 Å². The third-order valence-electron chi connectivity index (χ3n) is 4.76. The molecule has 2 heterocycles. The predicted molar refractivity (Wildman–Crippen MR) is 99.9 cm³/mol. The fraction of sp³-hybridized carbons (Fsp3) is 0.944. The molecule has 2 rings (SSSR count). The van der Waals surface area contributed by atoms with Crippen LogP contribution < -0.4 is 0 Å². The van der Waals surface area contributed by atoms with E-state index in [1.165, 1.54) is 26.2 Å². The maximum Gasteiger partial charge on any atom is 0.219 e. The van der Waals surface area contributed by atoms with Crippen molar-refractivity contribution in [1.29, 1.82) is 0 Å². The lowest BCUT2D eigenvalue weighted by molar-refractivity contribution is -0.130. The Morgan fingerprint density at radius 1 is 0.739 bits per heavy atom. The standard InChI is InChI=1S/C9H18N2O.C8H18N2.CH4/c1-8(2)10-4-6-11(7-5-10)9(3)12;1-8(2)10-6-4-9(3)5-7-10;/h8H,4-7H2,1-3H3;8H,4-7H2,1-3H3;1H4. The molecule has 0 aromatic carbocycles. The average Bonchev–Trinajstić information content (AvgIpc) is 2.48. The topological polar surface area (TPSA) is 30.0 Å². The summed E-state index contributed by atoms with van der Waals surface area (Å²) in [5.74, 6) is 0.207. The molecule has 0 aromatic heterocycles. The Bertz CT molecular complexity index is 317. The van der Waals surface area contributed by atoms with Crippen LogP contribution in [0.25, 0.3) is 0 Å². The van der Waals surface area contributed by atoms with Crippen molar-refractivity contribution in [3.05, 3.63) is 0 Å². The minimum atomic E-state index is 0. The first-order chi connectivity index (χ1) is 10.3. The van der Waals surface area contributed by atoms with Crippen molar-refractivity contribution >= 4 is 5.91 Å². The van der Waals surface area contributed by atoms with E-state index < -0.39 is 0 Å². The van der Waals surface area contributed by atoms with Crippen molar-refractivity contribution in [2.24, 2.45) is 0 Å². The number of rotatable bonds is 2. The Balaban J connectivity index is 0.000000409. The van der Waals surface area contributed by atoms with E-state index >= 15 is 0 Å².